The molecule has 6 rings (SSSR count). The Morgan fingerprint density at radius 2 is 1.70 bits per heavy atom. The van der Waals surface area contributed by atoms with Gasteiger partial charge < -0.3 is 15.0 Å². The van der Waals surface area contributed by atoms with Gasteiger partial charge in [0.15, 0.2) is 11.0 Å². The zero-order valence-corrected chi connectivity index (χ0v) is 32.0. The average Bonchev–Trinajstić information content (AvgIpc) is 3.18. The van der Waals surface area contributed by atoms with Crippen molar-refractivity contribution in [2.75, 3.05) is 67.9 Å². The van der Waals surface area contributed by atoms with Crippen LogP contribution in [0.3, 0.4) is 0 Å². The van der Waals surface area contributed by atoms with E-state index in [1.54, 1.807) is 42.2 Å². The molecule has 1 amide bonds. The van der Waals surface area contributed by atoms with Gasteiger partial charge in [-0.25, -0.2) is 4.21 Å². The van der Waals surface area contributed by atoms with Crippen molar-refractivity contribution >= 4 is 45.7 Å². The fourth-order valence-corrected chi connectivity index (χ4v) is 7.88. The van der Waals surface area contributed by atoms with E-state index in [1.165, 1.54) is 23.1 Å². The molecule has 0 radical (unpaired) electrons. The molecule has 3 N–H and O–H groups in total. The number of thioether (sulfide) groups is 1. The molecule has 276 valence electrons. The minimum Gasteiger partial charge on any atom is -0.492 e. The maximum absolute atomic E-state index is 13.2. The smallest absolute Gasteiger partial charge is 0.263 e. The van der Waals surface area contributed by atoms with Crippen molar-refractivity contribution in [3.63, 3.8) is 0 Å². The molecule has 1 atom stereocenters. The van der Waals surface area contributed by atoms with Gasteiger partial charge in [0.25, 0.3) is 5.91 Å². The van der Waals surface area contributed by atoms with Crippen LogP contribution in [0.4, 0.5) is 17.1 Å². The second kappa shape index (κ2) is 18.7. The van der Waals surface area contributed by atoms with Gasteiger partial charge in [-0.2, -0.15) is 0 Å². The Bertz CT molecular complexity index is 1990. The lowest BCUT2D eigenvalue weighted by molar-refractivity contribution is 0.0983. The molecular formula is C41H46N6O4S2. The number of hydrogen-bond donors (Lipinski definition) is 3. The molecule has 2 heterocycles. The standard InChI is InChI=1S/C41H46N6O4S2/c1-4-51-35-25-33(27-42-28-35)38-16-10-31(24-30(38)2)29-46-19-21-47(22-20-46)34-13-11-32(12-14-34)41(48)45-53(49)37-15-17-39(40(26-37)44-50-3)43-18-23-52-36-8-6-5-7-9-36/h5-17,24-28,43-44H,4,18-23,29H2,1-3H3,(H,45,48). The highest BCUT2D eigenvalue weighted by molar-refractivity contribution is 7.99. The van der Waals surface area contributed by atoms with Crippen LogP contribution in [0.1, 0.15) is 28.4 Å². The van der Waals surface area contributed by atoms with E-state index in [-0.39, 0.29) is 0 Å². The van der Waals surface area contributed by atoms with Gasteiger partial charge in [-0.3, -0.25) is 29.7 Å². The van der Waals surface area contributed by atoms with E-state index < -0.39 is 16.9 Å². The largest absolute Gasteiger partial charge is 0.492 e. The Labute approximate surface area is 318 Å². The Morgan fingerprint density at radius 1 is 0.906 bits per heavy atom. The van der Waals surface area contributed by atoms with Crippen LogP contribution in [0.15, 0.2) is 119 Å². The Balaban J connectivity index is 0.976. The molecule has 1 fully saturated rings. The van der Waals surface area contributed by atoms with Crippen LogP contribution in [-0.2, 0) is 22.4 Å². The number of nitrogens with one attached hydrogen (secondary N) is 3. The highest BCUT2D eigenvalue weighted by atomic mass is 32.2. The predicted molar refractivity (Wildman–Crippen MR) is 216 cm³/mol. The number of amides is 1. The van der Waals surface area contributed by atoms with E-state index in [4.69, 9.17) is 9.57 Å². The third-order valence-corrected chi connectivity index (χ3v) is 11.0. The number of carbonyl (C=O) groups is 1. The monoisotopic (exact) mass is 750 g/mol. The van der Waals surface area contributed by atoms with Crippen molar-refractivity contribution in [3.8, 4) is 16.9 Å². The van der Waals surface area contributed by atoms with E-state index in [9.17, 15) is 9.00 Å². The summed E-state index contributed by atoms with van der Waals surface area (Å²) in [4.78, 5) is 29.1. The Hall–Kier alpha value is -4.88. The summed E-state index contributed by atoms with van der Waals surface area (Å²) in [5, 5.41) is 3.40. The lowest BCUT2D eigenvalue weighted by Crippen LogP contribution is -2.46. The van der Waals surface area contributed by atoms with Crippen molar-refractivity contribution in [2.24, 2.45) is 0 Å². The molecule has 0 bridgehead atoms. The molecule has 1 unspecified atom stereocenters. The number of aryl methyl sites for hydroxylation is 1. The fraction of sp³-hybridized carbons (Fsp3) is 0.268. The molecule has 53 heavy (non-hydrogen) atoms. The van der Waals surface area contributed by atoms with Crippen molar-refractivity contribution in [1.29, 1.82) is 0 Å². The summed E-state index contributed by atoms with van der Waals surface area (Å²) in [6.45, 7) is 9.98. The van der Waals surface area contributed by atoms with Gasteiger partial charge in [0, 0.05) is 72.9 Å². The summed E-state index contributed by atoms with van der Waals surface area (Å²) in [7, 11) is -0.243. The van der Waals surface area contributed by atoms with Crippen molar-refractivity contribution in [2.45, 2.75) is 30.2 Å². The molecule has 4 aromatic carbocycles. The highest BCUT2D eigenvalue weighted by Crippen LogP contribution is 2.28. The van der Waals surface area contributed by atoms with Crippen LogP contribution >= 0.6 is 11.8 Å². The number of hydrogen-bond acceptors (Lipinski definition) is 10. The molecule has 1 aliphatic rings. The van der Waals surface area contributed by atoms with Crippen LogP contribution in [0.2, 0.25) is 0 Å². The van der Waals surface area contributed by atoms with E-state index in [1.807, 2.05) is 55.6 Å². The first-order chi connectivity index (χ1) is 25.9. The van der Waals surface area contributed by atoms with E-state index in [0.29, 0.717) is 22.8 Å². The number of anilines is 3. The molecule has 0 spiro atoms. The molecule has 1 aliphatic heterocycles. The average molecular weight is 751 g/mol. The van der Waals surface area contributed by atoms with E-state index >= 15 is 0 Å². The number of benzene rings is 4. The van der Waals surface area contributed by atoms with Crippen LogP contribution in [0.25, 0.3) is 11.1 Å². The zero-order chi connectivity index (χ0) is 37.0. The summed E-state index contributed by atoms with van der Waals surface area (Å²) in [5.74, 6) is 1.25. The second-order valence-corrected chi connectivity index (χ2v) is 15.0. The normalized spacial score (nSPS) is 13.7. The van der Waals surface area contributed by atoms with Gasteiger partial charge in [0.05, 0.1) is 36.2 Å². The molecule has 1 saturated heterocycles. The fourth-order valence-electron chi connectivity index (χ4n) is 6.27. The third kappa shape index (κ3) is 10.4. The maximum atomic E-state index is 13.2. The number of ether oxygens (including phenoxy) is 1. The third-order valence-electron chi connectivity index (χ3n) is 8.93. The summed E-state index contributed by atoms with van der Waals surface area (Å²) >= 11 is 1.76. The quantitative estimate of drug-likeness (QED) is 0.0537. The summed E-state index contributed by atoms with van der Waals surface area (Å²) in [5.41, 5.74) is 10.5. The van der Waals surface area contributed by atoms with E-state index in [2.05, 4.69) is 67.6 Å². The Kier molecular flexibility index (Phi) is 13.4. The van der Waals surface area contributed by atoms with Gasteiger partial charge in [-0.1, -0.05) is 36.4 Å². The van der Waals surface area contributed by atoms with Crippen LogP contribution in [0.5, 0.6) is 5.75 Å². The highest BCUT2D eigenvalue weighted by Gasteiger charge is 2.19. The van der Waals surface area contributed by atoms with Crippen molar-refractivity contribution in [3.05, 3.63) is 126 Å². The predicted octanol–water partition coefficient (Wildman–Crippen LogP) is 7.41. The lowest BCUT2D eigenvalue weighted by Gasteiger charge is -2.36. The number of nitrogens with zero attached hydrogens (tertiary/aromatic N) is 3. The minimum absolute atomic E-state index is 0.402. The Morgan fingerprint density at radius 3 is 2.43 bits per heavy atom. The summed E-state index contributed by atoms with van der Waals surface area (Å²) in [6, 6.07) is 31.7. The summed E-state index contributed by atoms with van der Waals surface area (Å²) in [6.07, 6.45) is 3.63. The van der Waals surface area contributed by atoms with Gasteiger partial charge in [-0.15, -0.1) is 11.8 Å². The zero-order valence-electron chi connectivity index (χ0n) is 30.3. The topological polar surface area (TPSA) is 108 Å². The van der Waals surface area contributed by atoms with Crippen LogP contribution < -0.4 is 25.2 Å². The first-order valence-electron chi connectivity index (χ1n) is 17.7. The molecule has 12 heteroatoms. The van der Waals surface area contributed by atoms with Crippen molar-refractivity contribution < 1.29 is 18.6 Å². The van der Waals surface area contributed by atoms with Gasteiger partial charge in [-0.05, 0) is 91.2 Å². The number of carbonyl (C=O) groups excluding carboxylic acids is 1. The van der Waals surface area contributed by atoms with Crippen LogP contribution in [-0.4, -0.2) is 72.2 Å². The number of pyridine rings is 1. The molecule has 0 aliphatic carbocycles. The van der Waals surface area contributed by atoms with Gasteiger partial charge >= 0.3 is 0 Å². The van der Waals surface area contributed by atoms with Crippen LogP contribution in [0, 0.1) is 6.92 Å². The first kappa shape index (κ1) is 37.9. The first-order valence-corrected chi connectivity index (χ1v) is 19.9. The number of piperazine rings is 1. The number of rotatable bonds is 16. The van der Waals surface area contributed by atoms with E-state index in [0.717, 1.165) is 73.3 Å². The lowest BCUT2D eigenvalue weighted by atomic mass is 9.99. The molecular weight excluding hydrogens is 705 g/mol. The maximum Gasteiger partial charge on any atom is 0.263 e. The molecule has 0 saturated carbocycles. The molecule has 1 aromatic heterocycles. The van der Waals surface area contributed by atoms with Crippen molar-refractivity contribution in [1.82, 2.24) is 14.6 Å². The summed E-state index contributed by atoms with van der Waals surface area (Å²) < 4.78 is 21.5. The SMILES string of the molecule is CCOc1cncc(-c2ccc(CN3CCN(c4ccc(C(=O)NS(=O)c5ccc(NCCSc6ccccc6)c(NOC)c5)cc4)CC3)cc2C)c1. The molecule has 5 aromatic rings. The second-order valence-electron chi connectivity index (χ2n) is 12.6. The number of aromatic nitrogens is 1. The van der Waals surface area contributed by atoms with Gasteiger partial charge in [0.2, 0.25) is 0 Å². The molecule has 10 nitrogen and oxygen atoms in total. The van der Waals surface area contributed by atoms with Gasteiger partial charge in [0.1, 0.15) is 5.75 Å². The minimum atomic E-state index is -1.76.